The van der Waals surface area contributed by atoms with Crippen molar-refractivity contribution in [3.8, 4) is 6.07 Å². The first-order chi connectivity index (χ1) is 14.7. The molecule has 9 atom stereocenters. The van der Waals surface area contributed by atoms with Crippen LogP contribution in [0.2, 0.25) is 0 Å². The molecule has 1 heterocycles. The third kappa shape index (κ3) is 3.47. The van der Waals surface area contributed by atoms with E-state index in [0.717, 1.165) is 44.9 Å². The number of nitrogens with zero attached hydrogens (tertiary/aromatic N) is 2. The second-order valence-electron chi connectivity index (χ2n) is 11.8. The van der Waals surface area contributed by atoms with Crippen LogP contribution in [0.15, 0.2) is 0 Å². The van der Waals surface area contributed by atoms with Gasteiger partial charge in [0.2, 0.25) is 5.91 Å². The Kier molecular flexibility index (Phi) is 4.91. The molecule has 0 aromatic heterocycles. The highest BCUT2D eigenvalue weighted by Crippen LogP contribution is 2.64. The van der Waals surface area contributed by atoms with Gasteiger partial charge < -0.3 is 21.1 Å². The largest absolute Gasteiger partial charge is 0.458 e. The zero-order valence-corrected chi connectivity index (χ0v) is 18.8. The van der Waals surface area contributed by atoms with E-state index in [1.54, 1.807) is 4.90 Å². The normalized spacial score (nSPS) is 44.0. The molecule has 0 spiro atoms. The molecule has 0 aromatic carbocycles. The molecular weight excluding hydrogens is 392 g/mol. The topological polar surface area (TPSA) is 122 Å². The van der Waals surface area contributed by atoms with Gasteiger partial charge in [0.1, 0.15) is 17.7 Å². The van der Waals surface area contributed by atoms with E-state index < -0.39 is 17.7 Å². The lowest BCUT2D eigenvalue weighted by molar-refractivity contribution is -0.207. The number of hydrogen-bond acceptors (Lipinski definition) is 6. The lowest BCUT2D eigenvalue weighted by atomic mass is 9.46. The van der Waals surface area contributed by atoms with Crippen molar-refractivity contribution in [1.29, 1.82) is 5.26 Å². The summed E-state index contributed by atoms with van der Waals surface area (Å²) in [5.74, 6) is 1.32. The van der Waals surface area contributed by atoms with Crippen LogP contribution >= 0.6 is 0 Å². The maximum atomic E-state index is 13.5. The average molecular weight is 429 g/mol. The maximum absolute atomic E-state index is 13.5. The van der Waals surface area contributed by atoms with Gasteiger partial charge in [0, 0.05) is 6.04 Å². The highest BCUT2D eigenvalue weighted by atomic mass is 16.6. The third-order valence-electron chi connectivity index (χ3n) is 8.83. The van der Waals surface area contributed by atoms with Gasteiger partial charge in [0.15, 0.2) is 0 Å². The van der Waals surface area contributed by atoms with Crippen LogP contribution in [0.5, 0.6) is 0 Å². The predicted molar refractivity (Wildman–Crippen MR) is 114 cm³/mol. The molecule has 6 aliphatic rings. The van der Waals surface area contributed by atoms with Crippen LogP contribution in [-0.4, -0.2) is 46.5 Å². The number of fused-ring (bicyclic) bond motifs is 1. The number of rotatable bonds is 6. The van der Waals surface area contributed by atoms with Gasteiger partial charge in [-0.25, -0.2) is 0 Å². The summed E-state index contributed by atoms with van der Waals surface area (Å²) in [5.41, 5.74) is 12.0. The van der Waals surface area contributed by atoms with Crippen LogP contribution in [0.3, 0.4) is 0 Å². The van der Waals surface area contributed by atoms with E-state index >= 15 is 0 Å². The number of piperidine rings is 1. The summed E-state index contributed by atoms with van der Waals surface area (Å²) in [6, 6.07) is 0.949. The molecule has 5 unspecified atom stereocenters. The quantitative estimate of drug-likeness (QED) is 0.625. The van der Waals surface area contributed by atoms with E-state index in [9.17, 15) is 14.9 Å². The minimum atomic E-state index is -0.629. The van der Waals surface area contributed by atoms with E-state index in [1.807, 2.05) is 0 Å². The number of nitrogens with two attached hydrogens (primary N) is 2. The van der Waals surface area contributed by atoms with Gasteiger partial charge in [-0.1, -0.05) is 13.8 Å². The van der Waals surface area contributed by atoms with E-state index in [2.05, 4.69) is 19.9 Å². The van der Waals surface area contributed by atoms with Crippen LogP contribution in [0.25, 0.3) is 0 Å². The van der Waals surface area contributed by atoms with E-state index in [4.69, 9.17) is 16.2 Å². The molecule has 1 saturated heterocycles. The fraction of sp³-hybridized carbons (Fsp3) is 0.875. The maximum Gasteiger partial charge on any atom is 0.323 e. The molecule has 31 heavy (non-hydrogen) atoms. The molecule has 7 heteroatoms. The SMILES string of the molecule is CC(C)C[C@H](N)C(=O)OC12CC3C[C@H](C1)CC([C@H](N)C(=O)N1C4CC4C[C@H]1C#N)(C3)C2. The Hall–Kier alpha value is -1.65. The van der Waals surface area contributed by atoms with Gasteiger partial charge >= 0.3 is 5.97 Å². The smallest absolute Gasteiger partial charge is 0.323 e. The lowest BCUT2D eigenvalue weighted by Gasteiger charge is -2.62. The molecule has 170 valence electrons. The van der Waals surface area contributed by atoms with Crippen molar-refractivity contribution in [3.05, 3.63) is 0 Å². The molecule has 6 fully saturated rings. The Morgan fingerprint density at radius 1 is 1.13 bits per heavy atom. The van der Waals surface area contributed by atoms with Crippen LogP contribution in [0, 0.1) is 40.4 Å². The number of likely N-dealkylation sites (tertiary alicyclic amines) is 1. The Bertz CT molecular complexity index is 806. The van der Waals surface area contributed by atoms with Crippen molar-refractivity contribution >= 4 is 11.9 Å². The number of hydrogen-bond donors (Lipinski definition) is 2. The van der Waals surface area contributed by atoms with Crippen molar-refractivity contribution in [2.75, 3.05) is 0 Å². The fourth-order valence-corrected chi connectivity index (χ4v) is 7.94. The highest BCUT2D eigenvalue weighted by Gasteiger charge is 2.64. The molecule has 0 radical (unpaired) electrons. The van der Waals surface area contributed by atoms with Crippen molar-refractivity contribution < 1.29 is 14.3 Å². The fourth-order valence-electron chi connectivity index (χ4n) is 7.94. The van der Waals surface area contributed by atoms with Gasteiger partial charge in [-0.15, -0.1) is 0 Å². The Morgan fingerprint density at radius 2 is 1.81 bits per heavy atom. The Labute approximate surface area is 184 Å². The summed E-state index contributed by atoms with van der Waals surface area (Å²) < 4.78 is 6.17. The monoisotopic (exact) mass is 428 g/mol. The summed E-state index contributed by atoms with van der Waals surface area (Å²) in [7, 11) is 0. The van der Waals surface area contributed by atoms with Crippen LogP contribution < -0.4 is 11.5 Å². The van der Waals surface area contributed by atoms with Gasteiger partial charge in [0.05, 0.1) is 12.1 Å². The van der Waals surface area contributed by atoms with Gasteiger partial charge in [-0.3, -0.25) is 9.59 Å². The predicted octanol–water partition coefficient (Wildman–Crippen LogP) is 2.08. The molecule has 4 bridgehead atoms. The number of esters is 1. The van der Waals surface area contributed by atoms with Crippen molar-refractivity contribution in [2.24, 2.45) is 40.6 Å². The third-order valence-corrected chi connectivity index (χ3v) is 8.83. The molecule has 5 aliphatic carbocycles. The van der Waals surface area contributed by atoms with E-state index in [-0.39, 0.29) is 29.4 Å². The standard InChI is InChI=1S/C24H36N4O3/c1-13(2)3-18(26)22(30)31-24-9-14-4-15(10-24)8-23(7-14,12-24)20(27)21(29)28-17(11-25)5-16-6-19(16)28/h13-20H,3-10,12,26-27H2,1-2H3/t14-,15?,16?,17-,18-,19?,20+,23?,24?/m0/s1. The number of amides is 1. The van der Waals surface area contributed by atoms with Crippen LogP contribution in [0.4, 0.5) is 0 Å². The first-order valence-electron chi connectivity index (χ1n) is 12.1. The van der Waals surface area contributed by atoms with Crippen molar-refractivity contribution in [1.82, 2.24) is 4.90 Å². The summed E-state index contributed by atoms with van der Waals surface area (Å²) in [5, 5.41) is 9.54. The van der Waals surface area contributed by atoms with E-state index in [1.165, 1.54) is 0 Å². The Balaban J connectivity index is 1.35. The lowest BCUT2D eigenvalue weighted by Crippen LogP contribution is -2.66. The molecular formula is C24H36N4O3. The van der Waals surface area contributed by atoms with Crippen molar-refractivity contribution in [3.63, 3.8) is 0 Å². The van der Waals surface area contributed by atoms with Gasteiger partial charge in [-0.05, 0) is 86.9 Å². The molecule has 4 N–H and O–H groups in total. The molecule has 1 amide bonds. The zero-order valence-electron chi connectivity index (χ0n) is 18.8. The molecule has 5 saturated carbocycles. The number of nitriles is 1. The second kappa shape index (κ2) is 7.18. The molecule has 0 aromatic rings. The number of ether oxygens (including phenoxy) is 1. The molecule has 7 nitrogen and oxygen atoms in total. The van der Waals surface area contributed by atoms with Crippen LogP contribution in [0.1, 0.15) is 71.6 Å². The summed E-state index contributed by atoms with van der Waals surface area (Å²) >= 11 is 0. The average Bonchev–Trinajstić information content (AvgIpc) is 3.34. The summed E-state index contributed by atoms with van der Waals surface area (Å²) in [4.78, 5) is 28.2. The number of carbonyl (C=O) groups excluding carboxylic acids is 2. The highest BCUT2D eigenvalue weighted by molar-refractivity contribution is 5.84. The Morgan fingerprint density at radius 3 is 2.42 bits per heavy atom. The van der Waals surface area contributed by atoms with Crippen molar-refractivity contribution in [2.45, 2.75) is 101 Å². The molecule has 1 aliphatic heterocycles. The summed E-state index contributed by atoms with van der Waals surface area (Å²) in [6.07, 6.45) is 7.76. The molecule has 6 rings (SSSR count). The van der Waals surface area contributed by atoms with Gasteiger partial charge in [-0.2, -0.15) is 5.26 Å². The summed E-state index contributed by atoms with van der Waals surface area (Å²) in [6.45, 7) is 4.10. The first-order valence-corrected chi connectivity index (χ1v) is 12.1. The van der Waals surface area contributed by atoms with Gasteiger partial charge in [0.25, 0.3) is 0 Å². The van der Waals surface area contributed by atoms with E-state index in [0.29, 0.717) is 36.5 Å². The zero-order chi connectivity index (χ0) is 22.1. The minimum absolute atomic E-state index is 0.0588. The minimum Gasteiger partial charge on any atom is -0.458 e. The second-order valence-corrected chi connectivity index (χ2v) is 11.8. The number of carbonyl (C=O) groups is 2. The van der Waals surface area contributed by atoms with Crippen LogP contribution in [-0.2, 0) is 14.3 Å². The first kappa shape index (κ1) is 21.2.